The highest BCUT2D eigenvalue weighted by atomic mass is 32.2. The van der Waals surface area contributed by atoms with Crippen molar-refractivity contribution in [2.24, 2.45) is 0 Å². The smallest absolute Gasteiger partial charge is 0.266 e. The standard InChI is InChI=1S/C33H27N5O3S/c1-2-37-30(24-17-19-25(20-18-24)38-31(40)26-15-9-10-16-27(26)32(38)41)35-36-33(37)42-21-28(39)34-29(22-11-5-3-6-12-22)23-13-7-4-8-14-23/h3-20,29H,2,21H2,1H3,(H,34,39). The lowest BCUT2D eigenvalue weighted by Gasteiger charge is -2.20. The number of aromatic nitrogens is 3. The Morgan fingerprint density at radius 3 is 1.86 bits per heavy atom. The minimum Gasteiger partial charge on any atom is -0.344 e. The van der Waals surface area contributed by atoms with E-state index in [9.17, 15) is 14.4 Å². The lowest BCUT2D eigenvalue weighted by Crippen LogP contribution is -2.30. The number of hydrogen-bond donors (Lipinski definition) is 1. The first-order valence-electron chi connectivity index (χ1n) is 13.6. The zero-order valence-electron chi connectivity index (χ0n) is 22.8. The van der Waals surface area contributed by atoms with E-state index in [0.29, 0.717) is 34.3 Å². The van der Waals surface area contributed by atoms with Gasteiger partial charge in [-0.25, -0.2) is 4.90 Å². The molecule has 2 heterocycles. The Morgan fingerprint density at radius 2 is 1.31 bits per heavy atom. The van der Waals surface area contributed by atoms with Gasteiger partial charge in [-0.1, -0.05) is 84.6 Å². The number of carbonyl (C=O) groups is 3. The predicted octanol–water partition coefficient (Wildman–Crippen LogP) is 5.76. The van der Waals surface area contributed by atoms with E-state index in [-0.39, 0.29) is 29.5 Å². The lowest BCUT2D eigenvalue weighted by molar-refractivity contribution is -0.119. The second kappa shape index (κ2) is 11.8. The number of nitrogens with zero attached hydrogens (tertiary/aromatic N) is 4. The third-order valence-electron chi connectivity index (χ3n) is 7.11. The lowest BCUT2D eigenvalue weighted by atomic mass is 9.99. The summed E-state index contributed by atoms with van der Waals surface area (Å²) in [6.45, 7) is 2.59. The largest absolute Gasteiger partial charge is 0.344 e. The van der Waals surface area contributed by atoms with Gasteiger partial charge in [0, 0.05) is 12.1 Å². The highest BCUT2D eigenvalue weighted by Crippen LogP contribution is 2.31. The molecule has 1 aliphatic rings. The van der Waals surface area contributed by atoms with Crippen molar-refractivity contribution in [1.82, 2.24) is 20.1 Å². The average Bonchev–Trinajstić information content (AvgIpc) is 3.57. The fourth-order valence-corrected chi connectivity index (χ4v) is 5.87. The van der Waals surface area contributed by atoms with Crippen molar-refractivity contribution in [3.63, 3.8) is 0 Å². The van der Waals surface area contributed by atoms with Crippen LogP contribution in [0.1, 0.15) is 44.8 Å². The van der Waals surface area contributed by atoms with Crippen LogP contribution in [0.3, 0.4) is 0 Å². The summed E-state index contributed by atoms with van der Waals surface area (Å²) >= 11 is 1.32. The molecule has 0 saturated heterocycles. The van der Waals surface area contributed by atoms with E-state index in [2.05, 4.69) is 15.5 Å². The van der Waals surface area contributed by atoms with Gasteiger partial charge < -0.3 is 9.88 Å². The van der Waals surface area contributed by atoms with Crippen LogP contribution < -0.4 is 10.2 Å². The molecule has 0 radical (unpaired) electrons. The molecule has 0 atom stereocenters. The SMILES string of the molecule is CCn1c(SCC(=O)NC(c2ccccc2)c2ccccc2)nnc1-c1ccc(N2C(=O)c3ccccc3C2=O)cc1. The topological polar surface area (TPSA) is 97.2 Å². The van der Waals surface area contributed by atoms with Crippen LogP contribution in [0.25, 0.3) is 11.4 Å². The van der Waals surface area contributed by atoms with Crippen molar-refractivity contribution in [2.75, 3.05) is 10.7 Å². The number of imide groups is 1. The van der Waals surface area contributed by atoms with E-state index in [1.807, 2.05) is 84.3 Å². The van der Waals surface area contributed by atoms with Crippen molar-refractivity contribution >= 4 is 35.2 Å². The van der Waals surface area contributed by atoms with Crippen LogP contribution in [-0.4, -0.2) is 38.2 Å². The monoisotopic (exact) mass is 573 g/mol. The number of fused-ring (bicyclic) bond motifs is 1. The fourth-order valence-electron chi connectivity index (χ4n) is 5.06. The third kappa shape index (κ3) is 5.22. The Balaban J connectivity index is 1.16. The highest BCUT2D eigenvalue weighted by Gasteiger charge is 2.36. The molecule has 0 aliphatic carbocycles. The first kappa shape index (κ1) is 27.2. The molecule has 0 unspecified atom stereocenters. The molecule has 0 saturated carbocycles. The quantitative estimate of drug-likeness (QED) is 0.178. The predicted molar refractivity (Wildman–Crippen MR) is 162 cm³/mol. The normalized spacial score (nSPS) is 12.6. The number of amides is 3. The van der Waals surface area contributed by atoms with Gasteiger partial charge in [0.1, 0.15) is 0 Å². The van der Waals surface area contributed by atoms with E-state index in [1.54, 1.807) is 36.4 Å². The molecule has 0 fully saturated rings. The van der Waals surface area contributed by atoms with Crippen LogP contribution in [-0.2, 0) is 11.3 Å². The molecule has 9 heteroatoms. The number of nitrogens with one attached hydrogen (secondary N) is 1. The van der Waals surface area contributed by atoms with Gasteiger partial charge in [-0.2, -0.15) is 0 Å². The molecule has 5 aromatic rings. The van der Waals surface area contributed by atoms with Crippen molar-refractivity contribution in [3.05, 3.63) is 131 Å². The number of rotatable bonds is 9. The van der Waals surface area contributed by atoms with Gasteiger partial charge in [0.25, 0.3) is 11.8 Å². The van der Waals surface area contributed by atoms with Gasteiger partial charge in [0.15, 0.2) is 11.0 Å². The van der Waals surface area contributed by atoms with Crippen LogP contribution in [0.2, 0.25) is 0 Å². The Labute approximate surface area is 247 Å². The van der Waals surface area contributed by atoms with Crippen molar-refractivity contribution in [2.45, 2.75) is 24.7 Å². The van der Waals surface area contributed by atoms with Crippen LogP contribution in [0.15, 0.2) is 114 Å². The number of benzene rings is 4. The number of thioether (sulfide) groups is 1. The summed E-state index contributed by atoms with van der Waals surface area (Å²) < 4.78 is 1.95. The summed E-state index contributed by atoms with van der Waals surface area (Å²) in [7, 11) is 0. The summed E-state index contributed by atoms with van der Waals surface area (Å²) in [6, 6.07) is 33.4. The number of carbonyl (C=O) groups excluding carboxylic acids is 3. The molecule has 1 aliphatic heterocycles. The molecule has 0 spiro atoms. The van der Waals surface area contributed by atoms with Gasteiger partial charge in [-0.3, -0.25) is 14.4 Å². The van der Waals surface area contributed by atoms with Crippen LogP contribution in [0, 0.1) is 0 Å². The molecule has 1 N–H and O–H groups in total. The van der Waals surface area contributed by atoms with Crippen molar-refractivity contribution in [1.29, 1.82) is 0 Å². The van der Waals surface area contributed by atoms with E-state index >= 15 is 0 Å². The van der Waals surface area contributed by atoms with E-state index in [0.717, 1.165) is 16.7 Å². The first-order valence-corrected chi connectivity index (χ1v) is 14.6. The molecule has 8 nitrogen and oxygen atoms in total. The van der Waals surface area contributed by atoms with E-state index in [1.165, 1.54) is 16.7 Å². The molecule has 3 amide bonds. The molecule has 0 bridgehead atoms. The van der Waals surface area contributed by atoms with Gasteiger partial charge >= 0.3 is 0 Å². The zero-order valence-corrected chi connectivity index (χ0v) is 23.6. The van der Waals surface area contributed by atoms with Crippen LogP contribution in [0.4, 0.5) is 5.69 Å². The van der Waals surface area contributed by atoms with Crippen LogP contribution in [0.5, 0.6) is 0 Å². The van der Waals surface area contributed by atoms with Gasteiger partial charge in [-0.05, 0) is 54.4 Å². The summed E-state index contributed by atoms with van der Waals surface area (Å²) in [5.74, 6) is 0.0288. The Hall–Kier alpha value is -5.02. The summed E-state index contributed by atoms with van der Waals surface area (Å²) in [6.07, 6.45) is 0. The minimum absolute atomic E-state index is 0.116. The molecule has 6 rings (SSSR count). The van der Waals surface area contributed by atoms with Crippen molar-refractivity contribution < 1.29 is 14.4 Å². The second-order valence-corrected chi connectivity index (χ2v) is 10.6. The second-order valence-electron chi connectivity index (χ2n) is 9.70. The first-order chi connectivity index (χ1) is 20.5. The van der Waals surface area contributed by atoms with Gasteiger partial charge in [0.05, 0.1) is 28.6 Å². The maximum Gasteiger partial charge on any atom is 0.266 e. The van der Waals surface area contributed by atoms with Gasteiger partial charge in [0.2, 0.25) is 5.91 Å². The maximum absolute atomic E-state index is 13.1. The molecular weight excluding hydrogens is 546 g/mol. The summed E-state index contributed by atoms with van der Waals surface area (Å²) in [5.41, 5.74) is 4.10. The van der Waals surface area contributed by atoms with Crippen LogP contribution >= 0.6 is 11.8 Å². The maximum atomic E-state index is 13.1. The molecule has 4 aromatic carbocycles. The fraction of sp³-hybridized carbons (Fsp3) is 0.121. The molecule has 208 valence electrons. The molecule has 1 aromatic heterocycles. The third-order valence-corrected chi connectivity index (χ3v) is 8.08. The summed E-state index contributed by atoms with van der Waals surface area (Å²) in [4.78, 5) is 40.0. The van der Waals surface area contributed by atoms with E-state index < -0.39 is 0 Å². The summed E-state index contributed by atoms with van der Waals surface area (Å²) in [5, 5.41) is 12.5. The van der Waals surface area contributed by atoms with E-state index in [4.69, 9.17) is 0 Å². The minimum atomic E-state index is -0.334. The number of hydrogen-bond acceptors (Lipinski definition) is 6. The number of anilines is 1. The average molecular weight is 574 g/mol. The highest BCUT2D eigenvalue weighted by molar-refractivity contribution is 7.99. The molecular formula is C33H27N5O3S. The van der Waals surface area contributed by atoms with Gasteiger partial charge in [-0.15, -0.1) is 10.2 Å². The Bertz CT molecular complexity index is 1680. The Morgan fingerprint density at radius 1 is 0.762 bits per heavy atom. The Kier molecular flexibility index (Phi) is 7.66. The molecule has 42 heavy (non-hydrogen) atoms. The zero-order chi connectivity index (χ0) is 29.1. The van der Waals surface area contributed by atoms with Crippen molar-refractivity contribution in [3.8, 4) is 11.4 Å².